The number of anilines is 1. The van der Waals surface area contributed by atoms with Crippen molar-refractivity contribution in [3.05, 3.63) is 70.9 Å². The number of benzene rings is 2. The monoisotopic (exact) mass is 392 g/mol. The van der Waals surface area contributed by atoms with Gasteiger partial charge in [-0.3, -0.25) is 5.32 Å². The Labute approximate surface area is 169 Å². The highest BCUT2D eigenvalue weighted by Gasteiger charge is 2.20. The van der Waals surface area contributed by atoms with E-state index in [4.69, 9.17) is 17.3 Å². The highest BCUT2D eigenvalue weighted by Crippen LogP contribution is 2.34. The number of rotatable bonds is 3. The van der Waals surface area contributed by atoms with E-state index in [1.807, 2.05) is 42.6 Å². The van der Waals surface area contributed by atoms with Gasteiger partial charge in [-0.25, -0.2) is 4.79 Å². The van der Waals surface area contributed by atoms with E-state index in [0.29, 0.717) is 22.0 Å². The summed E-state index contributed by atoms with van der Waals surface area (Å²) in [5, 5.41) is 13.0. The molecule has 142 valence electrons. The molecule has 0 fully saturated rings. The van der Waals surface area contributed by atoms with Crippen LogP contribution in [-0.4, -0.2) is 10.6 Å². The van der Waals surface area contributed by atoms with Crippen molar-refractivity contribution in [1.82, 2.24) is 4.57 Å². The number of urea groups is 1. The van der Waals surface area contributed by atoms with E-state index < -0.39 is 6.03 Å². The highest BCUT2D eigenvalue weighted by molar-refractivity contribution is 6.30. The van der Waals surface area contributed by atoms with Gasteiger partial charge < -0.3 is 10.3 Å². The van der Waals surface area contributed by atoms with E-state index in [-0.39, 0.29) is 5.41 Å². The number of carbonyl (C=O) groups is 1. The van der Waals surface area contributed by atoms with Gasteiger partial charge in [-0.1, -0.05) is 56.6 Å². The van der Waals surface area contributed by atoms with E-state index in [0.717, 1.165) is 11.3 Å². The van der Waals surface area contributed by atoms with Crippen LogP contribution in [0, 0.1) is 11.3 Å². The lowest BCUT2D eigenvalue weighted by molar-refractivity contribution is 0.259. The van der Waals surface area contributed by atoms with Gasteiger partial charge in [0.1, 0.15) is 17.5 Å². The van der Waals surface area contributed by atoms with E-state index in [1.54, 1.807) is 16.7 Å². The van der Waals surface area contributed by atoms with Crippen molar-refractivity contribution >= 4 is 23.4 Å². The second-order valence-corrected chi connectivity index (χ2v) is 7.98. The Morgan fingerprint density at radius 2 is 1.71 bits per heavy atom. The number of nitriles is 1. The van der Waals surface area contributed by atoms with Gasteiger partial charge in [0.2, 0.25) is 0 Å². The third kappa shape index (κ3) is 3.88. The minimum absolute atomic E-state index is 0.0236. The molecule has 0 radical (unpaired) electrons. The number of carbonyl (C=O) groups excluding carboxylic acids is 1. The normalized spacial score (nSPS) is 11.1. The first-order valence-electron chi connectivity index (χ1n) is 8.79. The van der Waals surface area contributed by atoms with E-state index in [9.17, 15) is 10.1 Å². The number of hydrogen-bond donors (Lipinski definition) is 2. The van der Waals surface area contributed by atoms with Crippen LogP contribution >= 0.6 is 11.6 Å². The Morgan fingerprint density at radius 1 is 1.11 bits per heavy atom. The predicted molar refractivity (Wildman–Crippen MR) is 113 cm³/mol. The van der Waals surface area contributed by atoms with Gasteiger partial charge in [0.05, 0.1) is 0 Å². The Bertz CT molecular complexity index is 1050. The number of nitrogens with two attached hydrogens (primary N) is 1. The summed E-state index contributed by atoms with van der Waals surface area (Å²) in [6.45, 7) is 6.43. The Balaban J connectivity index is 2.18. The average molecular weight is 393 g/mol. The van der Waals surface area contributed by atoms with Gasteiger partial charge in [0, 0.05) is 22.5 Å². The summed E-state index contributed by atoms with van der Waals surface area (Å²) < 4.78 is 1.76. The quantitative estimate of drug-likeness (QED) is 0.620. The van der Waals surface area contributed by atoms with Crippen LogP contribution in [-0.2, 0) is 5.41 Å². The zero-order valence-electron chi connectivity index (χ0n) is 16.0. The third-order valence-electron chi connectivity index (χ3n) is 4.53. The number of nitrogens with one attached hydrogen (secondary N) is 1. The van der Waals surface area contributed by atoms with Crippen molar-refractivity contribution in [3.63, 3.8) is 0 Å². The molecular weight excluding hydrogens is 372 g/mol. The van der Waals surface area contributed by atoms with Crippen LogP contribution in [0.15, 0.2) is 54.7 Å². The lowest BCUT2D eigenvalue weighted by atomic mass is 9.87. The maximum Gasteiger partial charge on any atom is 0.317 e. The van der Waals surface area contributed by atoms with Crippen molar-refractivity contribution in [2.75, 3.05) is 5.32 Å². The van der Waals surface area contributed by atoms with Crippen LogP contribution in [0.5, 0.6) is 0 Å². The standard InChI is InChI=1S/C22H21ClN4O/c1-22(2,3)15-6-10-17(11-7-15)27-13-19(14-4-8-16(23)9-5-14)18(12-24)20(27)26-21(25)28/h4-11,13H,1-3H3,(H3,25,26,28). The number of primary amides is 1. The smallest absolute Gasteiger partial charge is 0.317 e. The minimum Gasteiger partial charge on any atom is -0.351 e. The molecule has 5 nitrogen and oxygen atoms in total. The van der Waals surface area contributed by atoms with Crippen molar-refractivity contribution in [2.45, 2.75) is 26.2 Å². The Hall–Kier alpha value is -3.23. The maximum absolute atomic E-state index is 11.6. The summed E-state index contributed by atoms with van der Waals surface area (Å²) in [6.07, 6.45) is 1.82. The molecule has 0 aliphatic heterocycles. The zero-order chi connectivity index (χ0) is 20.5. The summed E-state index contributed by atoms with van der Waals surface area (Å²) in [5.41, 5.74) is 9.21. The highest BCUT2D eigenvalue weighted by atomic mass is 35.5. The molecule has 2 aromatic carbocycles. The fourth-order valence-corrected chi connectivity index (χ4v) is 3.16. The number of hydrogen-bond acceptors (Lipinski definition) is 2. The topological polar surface area (TPSA) is 83.8 Å². The van der Waals surface area contributed by atoms with Crippen LogP contribution in [0.1, 0.15) is 31.9 Å². The Kier molecular flexibility index (Phi) is 5.17. The zero-order valence-corrected chi connectivity index (χ0v) is 16.7. The number of halogens is 1. The van der Waals surface area contributed by atoms with Crippen LogP contribution in [0.3, 0.4) is 0 Å². The van der Waals surface area contributed by atoms with Gasteiger partial charge in [-0.05, 0) is 40.8 Å². The molecule has 0 aliphatic carbocycles. The van der Waals surface area contributed by atoms with Gasteiger partial charge >= 0.3 is 6.03 Å². The van der Waals surface area contributed by atoms with Crippen LogP contribution in [0.25, 0.3) is 16.8 Å². The first kappa shape index (κ1) is 19.5. The number of aromatic nitrogens is 1. The predicted octanol–water partition coefficient (Wildman–Crippen LogP) is 5.46. The second kappa shape index (κ2) is 7.41. The molecule has 0 bridgehead atoms. The summed E-state index contributed by atoms with van der Waals surface area (Å²) in [7, 11) is 0. The first-order chi connectivity index (χ1) is 13.2. The largest absolute Gasteiger partial charge is 0.351 e. The molecule has 3 aromatic rings. The van der Waals surface area contributed by atoms with Gasteiger partial charge in [0.25, 0.3) is 0 Å². The van der Waals surface area contributed by atoms with Crippen molar-refractivity contribution in [3.8, 4) is 22.9 Å². The summed E-state index contributed by atoms with van der Waals surface area (Å²) in [6, 6.07) is 16.6. The summed E-state index contributed by atoms with van der Waals surface area (Å²) >= 11 is 5.98. The number of nitrogens with zero attached hydrogens (tertiary/aromatic N) is 2. The average Bonchev–Trinajstić information content (AvgIpc) is 2.99. The molecule has 1 aromatic heterocycles. The molecule has 2 amide bonds. The molecule has 0 saturated carbocycles. The lowest BCUT2D eigenvalue weighted by Gasteiger charge is -2.19. The molecule has 3 rings (SSSR count). The maximum atomic E-state index is 11.6. The SMILES string of the molecule is CC(C)(C)c1ccc(-n2cc(-c3ccc(Cl)cc3)c(C#N)c2NC(N)=O)cc1. The Morgan fingerprint density at radius 3 is 2.21 bits per heavy atom. The molecule has 0 unspecified atom stereocenters. The summed E-state index contributed by atoms with van der Waals surface area (Å²) in [4.78, 5) is 11.6. The first-order valence-corrected chi connectivity index (χ1v) is 9.17. The van der Waals surface area contributed by atoms with E-state index in [1.165, 1.54) is 5.56 Å². The van der Waals surface area contributed by atoms with Crippen LogP contribution in [0.4, 0.5) is 10.6 Å². The molecule has 0 spiro atoms. The molecule has 0 aliphatic rings. The molecule has 6 heteroatoms. The molecule has 1 heterocycles. The molecule has 0 saturated heterocycles. The van der Waals surface area contributed by atoms with Crippen molar-refractivity contribution in [2.24, 2.45) is 5.73 Å². The van der Waals surface area contributed by atoms with E-state index in [2.05, 4.69) is 32.2 Å². The van der Waals surface area contributed by atoms with Gasteiger partial charge in [-0.15, -0.1) is 0 Å². The third-order valence-corrected chi connectivity index (χ3v) is 4.78. The fraction of sp³-hybridized carbons (Fsp3) is 0.182. The molecule has 0 atom stereocenters. The van der Waals surface area contributed by atoms with Crippen LogP contribution < -0.4 is 11.1 Å². The van der Waals surface area contributed by atoms with Gasteiger partial charge in [0.15, 0.2) is 0 Å². The van der Waals surface area contributed by atoms with Crippen molar-refractivity contribution in [1.29, 1.82) is 5.26 Å². The second-order valence-electron chi connectivity index (χ2n) is 7.54. The molecular formula is C22H21ClN4O. The lowest BCUT2D eigenvalue weighted by Crippen LogP contribution is -2.21. The van der Waals surface area contributed by atoms with Crippen molar-refractivity contribution < 1.29 is 4.79 Å². The van der Waals surface area contributed by atoms with E-state index >= 15 is 0 Å². The van der Waals surface area contributed by atoms with Gasteiger partial charge in [-0.2, -0.15) is 5.26 Å². The molecule has 3 N–H and O–H groups in total. The summed E-state index contributed by atoms with van der Waals surface area (Å²) in [5.74, 6) is 0.337. The minimum atomic E-state index is -0.732. The fourth-order valence-electron chi connectivity index (χ4n) is 3.03. The number of amides is 2. The van der Waals surface area contributed by atoms with Crippen LogP contribution in [0.2, 0.25) is 5.02 Å². The molecule has 28 heavy (non-hydrogen) atoms.